The van der Waals surface area contributed by atoms with E-state index in [2.05, 4.69) is 6.58 Å². The van der Waals surface area contributed by atoms with E-state index in [4.69, 9.17) is 47.4 Å². The molecule has 0 spiro atoms. The molecule has 2 fully saturated rings. The van der Waals surface area contributed by atoms with Crippen LogP contribution < -0.4 is 0 Å². The molecule has 10 atom stereocenters. The Labute approximate surface area is 265 Å². The molecule has 0 amide bonds. The van der Waals surface area contributed by atoms with Crippen molar-refractivity contribution in [3.63, 3.8) is 0 Å². The molecule has 17 nitrogen and oxygen atoms in total. The highest BCUT2D eigenvalue weighted by Gasteiger charge is 2.57. The summed E-state index contributed by atoms with van der Waals surface area (Å²) in [6.07, 6.45) is -13.3. The van der Waals surface area contributed by atoms with E-state index < -0.39 is 116 Å². The van der Waals surface area contributed by atoms with Crippen LogP contribution >= 0.6 is 0 Å². The molecule has 2 heterocycles. The van der Waals surface area contributed by atoms with E-state index in [1.807, 2.05) is 0 Å². The van der Waals surface area contributed by atoms with E-state index in [9.17, 15) is 33.6 Å². The summed E-state index contributed by atoms with van der Waals surface area (Å²) in [4.78, 5) is 85.2. The summed E-state index contributed by atoms with van der Waals surface area (Å²) < 4.78 is 55.6. The first-order valence-corrected chi connectivity index (χ1v) is 14.2. The first kappa shape index (κ1) is 38.1. The lowest BCUT2D eigenvalue weighted by molar-refractivity contribution is -0.343. The molecular formula is C29H40O17. The largest absolute Gasteiger partial charge is 0.469 e. The Morgan fingerprint density at radius 2 is 1.04 bits per heavy atom. The van der Waals surface area contributed by atoms with Crippen molar-refractivity contribution in [1.82, 2.24) is 0 Å². The normalized spacial score (nSPS) is 30.5. The lowest BCUT2D eigenvalue weighted by atomic mass is 9.90. The molecule has 0 unspecified atom stereocenters. The van der Waals surface area contributed by atoms with Gasteiger partial charge in [0.2, 0.25) is 0 Å². The van der Waals surface area contributed by atoms with Crippen LogP contribution in [0.2, 0.25) is 0 Å². The van der Waals surface area contributed by atoms with Gasteiger partial charge in [-0.05, 0) is 6.42 Å². The minimum Gasteiger partial charge on any atom is -0.469 e. The van der Waals surface area contributed by atoms with Crippen molar-refractivity contribution in [1.29, 1.82) is 0 Å². The van der Waals surface area contributed by atoms with Gasteiger partial charge in [0.1, 0.15) is 31.0 Å². The summed E-state index contributed by atoms with van der Waals surface area (Å²) >= 11 is 0. The molecule has 0 aromatic heterocycles. The van der Waals surface area contributed by atoms with Gasteiger partial charge in [0.25, 0.3) is 0 Å². The third-order valence-corrected chi connectivity index (χ3v) is 6.57. The number of ether oxygens (including phenoxy) is 10. The van der Waals surface area contributed by atoms with Crippen LogP contribution in [0.3, 0.4) is 0 Å². The molecular weight excluding hydrogens is 620 g/mol. The first-order valence-electron chi connectivity index (χ1n) is 14.2. The van der Waals surface area contributed by atoms with E-state index in [-0.39, 0.29) is 6.42 Å². The summed E-state index contributed by atoms with van der Waals surface area (Å²) in [5.74, 6) is -5.71. The van der Waals surface area contributed by atoms with E-state index in [0.717, 1.165) is 48.7 Å². The van der Waals surface area contributed by atoms with E-state index in [1.165, 1.54) is 6.08 Å². The van der Waals surface area contributed by atoms with Crippen LogP contribution in [0.4, 0.5) is 0 Å². The van der Waals surface area contributed by atoms with Crippen LogP contribution in [-0.4, -0.2) is 117 Å². The number of methoxy groups -OCH3 is 1. The maximum absolute atomic E-state index is 12.3. The Morgan fingerprint density at radius 1 is 0.587 bits per heavy atom. The van der Waals surface area contributed by atoms with Crippen molar-refractivity contribution in [3.05, 3.63) is 12.7 Å². The second-order valence-electron chi connectivity index (χ2n) is 10.3. The van der Waals surface area contributed by atoms with Gasteiger partial charge in [-0.3, -0.25) is 33.6 Å². The van der Waals surface area contributed by atoms with Crippen molar-refractivity contribution >= 4 is 41.8 Å². The number of esters is 7. The first-order chi connectivity index (χ1) is 21.6. The van der Waals surface area contributed by atoms with E-state index >= 15 is 0 Å². The van der Waals surface area contributed by atoms with Gasteiger partial charge in [-0.2, -0.15) is 0 Å². The topological polar surface area (TPSA) is 212 Å². The second kappa shape index (κ2) is 17.6. The second-order valence-corrected chi connectivity index (χ2v) is 10.3. The number of hydrogen-bond donors (Lipinski definition) is 0. The number of rotatable bonds is 13. The predicted molar refractivity (Wildman–Crippen MR) is 148 cm³/mol. The Bertz CT molecular complexity index is 1150. The standard InChI is InChI=1S/C29H40O17/c1-9-10-19-23(39-14(3)31)26(24(40-15(4)32)20(44-19)11-22(36)37-8)46-29-28(43-18(7)35)27(42-17(6)34)25(41-16(5)33)21(45-29)12-38-13(2)30/h9,19-21,23-29H,1,10-12H2,2-8H3/t19-,20-,21-,23-,24-,25-,26+,27-,28-,29-/m1/s1. The van der Waals surface area contributed by atoms with E-state index in [0.29, 0.717) is 0 Å². The molecule has 2 rings (SSSR count). The lowest BCUT2D eigenvalue weighted by Crippen LogP contribution is -2.67. The Kier molecular flexibility index (Phi) is 14.5. The zero-order chi connectivity index (χ0) is 34.7. The molecule has 0 radical (unpaired) electrons. The maximum Gasteiger partial charge on any atom is 0.308 e. The van der Waals surface area contributed by atoms with Gasteiger partial charge in [0.15, 0.2) is 36.8 Å². The minimum atomic E-state index is -1.75. The predicted octanol–water partition coefficient (Wildman–Crippen LogP) is 0.225. The van der Waals surface area contributed by atoms with E-state index in [1.54, 1.807) is 0 Å². The third-order valence-electron chi connectivity index (χ3n) is 6.57. The fraction of sp³-hybridized carbons (Fsp3) is 0.690. The van der Waals surface area contributed by atoms with Crippen LogP contribution in [0.5, 0.6) is 0 Å². The molecule has 0 aliphatic carbocycles. The average molecular weight is 661 g/mol. The molecule has 258 valence electrons. The van der Waals surface area contributed by atoms with Gasteiger partial charge < -0.3 is 47.4 Å². The molecule has 0 aromatic rings. The Balaban J connectivity index is 2.74. The average Bonchev–Trinajstić information content (AvgIpc) is 2.93. The summed E-state index contributed by atoms with van der Waals surface area (Å²) in [5.41, 5.74) is 0. The highest BCUT2D eigenvalue weighted by atomic mass is 16.8. The molecule has 46 heavy (non-hydrogen) atoms. The Hall–Kier alpha value is -4.09. The fourth-order valence-electron chi connectivity index (χ4n) is 5.03. The third kappa shape index (κ3) is 11.1. The zero-order valence-corrected chi connectivity index (χ0v) is 26.6. The van der Waals surface area contributed by atoms with Crippen LogP contribution in [0, 0.1) is 0 Å². The van der Waals surface area contributed by atoms with Gasteiger partial charge >= 0.3 is 41.8 Å². The molecule has 2 saturated heterocycles. The van der Waals surface area contributed by atoms with Crippen LogP contribution in [0.15, 0.2) is 12.7 Å². The number of carbonyl (C=O) groups excluding carboxylic acids is 7. The summed E-state index contributed by atoms with van der Waals surface area (Å²) in [6.45, 7) is 9.59. The summed E-state index contributed by atoms with van der Waals surface area (Å²) in [7, 11) is 1.14. The highest BCUT2D eigenvalue weighted by molar-refractivity contribution is 5.71. The van der Waals surface area contributed by atoms with Crippen LogP contribution in [0.1, 0.15) is 54.4 Å². The number of hydrogen-bond acceptors (Lipinski definition) is 17. The molecule has 0 bridgehead atoms. The van der Waals surface area contributed by atoms with Crippen molar-refractivity contribution in [2.24, 2.45) is 0 Å². The lowest BCUT2D eigenvalue weighted by Gasteiger charge is -2.49. The molecule has 2 aliphatic rings. The van der Waals surface area contributed by atoms with Gasteiger partial charge in [-0.15, -0.1) is 6.58 Å². The van der Waals surface area contributed by atoms with Crippen LogP contribution in [0.25, 0.3) is 0 Å². The van der Waals surface area contributed by atoms with Crippen molar-refractivity contribution in [2.45, 2.75) is 116 Å². The summed E-state index contributed by atoms with van der Waals surface area (Å²) in [5, 5.41) is 0. The van der Waals surface area contributed by atoms with Gasteiger partial charge in [-0.1, -0.05) is 6.08 Å². The fourth-order valence-corrected chi connectivity index (χ4v) is 5.03. The molecule has 0 aromatic carbocycles. The molecule has 2 aliphatic heterocycles. The molecule has 0 N–H and O–H groups in total. The van der Waals surface area contributed by atoms with Gasteiger partial charge in [-0.25, -0.2) is 0 Å². The highest BCUT2D eigenvalue weighted by Crippen LogP contribution is 2.36. The molecule has 0 saturated carbocycles. The maximum atomic E-state index is 12.3. The van der Waals surface area contributed by atoms with Crippen molar-refractivity contribution in [2.75, 3.05) is 13.7 Å². The SMILES string of the molecule is C=CC[C@H]1O[C@H](CC(=O)OC)[C@@H](OC(C)=O)[C@@H](O[C@H]2O[C@H](COC(C)=O)[C@@H](OC(C)=O)[C@@H](OC(C)=O)[C@H]2OC(C)=O)[C@@H]1OC(C)=O. The molecule has 17 heteroatoms. The van der Waals surface area contributed by atoms with Gasteiger partial charge in [0, 0.05) is 41.5 Å². The smallest absolute Gasteiger partial charge is 0.308 e. The van der Waals surface area contributed by atoms with Gasteiger partial charge in [0.05, 0.1) is 13.5 Å². The quantitative estimate of drug-likeness (QED) is 0.147. The monoisotopic (exact) mass is 660 g/mol. The van der Waals surface area contributed by atoms with Crippen molar-refractivity contribution < 1.29 is 80.9 Å². The van der Waals surface area contributed by atoms with Crippen LogP contribution in [-0.2, 0) is 80.9 Å². The Morgan fingerprint density at radius 3 is 1.50 bits per heavy atom. The van der Waals surface area contributed by atoms with Crippen molar-refractivity contribution in [3.8, 4) is 0 Å². The minimum absolute atomic E-state index is 0.0564. The number of carbonyl (C=O) groups is 7. The zero-order valence-electron chi connectivity index (χ0n) is 26.6. The summed E-state index contributed by atoms with van der Waals surface area (Å²) in [6, 6.07) is 0.